The van der Waals surface area contributed by atoms with Crippen LogP contribution in [0.2, 0.25) is 0 Å². The molecule has 1 aromatic carbocycles. The zero-order chi connectivity index (χ0) is 21.2. The van der Waals surface area contributed by atoms with Gasteiger partial charge in [0.05, 0.1) is 30.0 Å². The lowest BCUT2D eigenvalue weighted by molar-refractivity contribution is 0.0600. The minimum Gasteiger partial charge on any atom is -0.465 e. The largest absolute Gasteiger partial charge is 0.465 e. The van der Waals surface area contributed by atoms with Gasteiger partial charge in [-0.05, 0) is 56.4 Å². The number of nitrogens with one attached hydrogen (secondary N) is 1. The van der Waals surface area contributed by atoms with E-state index in [1.165, 1.54) is 7.11 Å². The number of nitriles is 1. The van der Waals surface area contributed by atoms with E-state index in [0.717, 1.165) is 60.4 Å². The van der Waals surface area contributed by atoms with Gasteiger partial charge in [-0.25, -0.2) is 4.79 Å². The second kappa shape index (κ2) is 8.32. The lowest BCUT2D eigenvalue weighted by Gasteiger charge is -2.46. The number of rotatable bonds is 4. The zero-order valence-corrected chi connectivity index (χ0v) is 18.1. The van der Waals surface area contributed by atoms with Gasteiger partial charge in [-0.3, -0.25) is 0 Å². The molecular formula is C24H31N3O2. The van der Waals surface area contributed by atoms with Crippen LogP contribution in [0.5, 0.6) is 0 Å². The molecule has 0 spiro atoms. The maximum Gasteiger partial charge on any atom is 0.338 e. The molecule has 1 fully saturated rings. The number of esters is 1. The quantitative estimate of drug-likeness (QED) is 0.749. The number of hydrogen-bond donors (Lipinski definition) is 1. The highest BCUT2D eigenvalue weighted by Crippen LogP contribution is 2.36. The van der Waals surface area contributed by atoms with Crippen molar-refractivity contribution in [3.05, 3.63) is 52.2 Å². The molecule has 2 aliphatic rings. The van der Waals surface area contributed by atoms with Gasteiger partial charge in [-0.1, -0.05) is 26.0 Å². The maximum absolute atomic E-state index is 12.1. The standard InChI is InChI=1S/C24H31N3O2/c1-16-12-17(2)20(13-19(16)23(28)29-5)26-22-10-11-27(15-24(22,3)4)21-9-7-6-8-18(21)14-25/h7,9,12-13,22,26H,6,8,10-11,15H2,1-5H3. The van der Waals surface area contributed by atoms with E-state index in [4.69, 9.17) is 4.74 Å². The number of benzene rings is 1. The first-order valence-electron chi connectivity index (χ1n) is 10.3. The molecule has 1 N–H and O–H groups in total. The molecular weight excluding hydrogens is 362 g/mol. The van der Waals surface area contributed by atoms with Crippen LogP contribution in [0, 0.1) is 30.6 Å². The summed E-state index contributed by atoms with van der Waals surface area (Å²) in [6, 6.07) is 6.61. The fourth-order valence-electron chi connectivity index (χ4n) is 4.42. The Morgan fingerprint density at radius 2 is 2.07 bits per heavy atom. The zero-order valence-electron chi connectivity index (χ0n) is 18.1. The SMILES string of the molecule is COC(=O)c1cc(NC2CCN(C3=C(C#N)CCC=C3)CC2(C)C)c(C)cc1C. The lowest BCUT2D eigenvalue weighted by Crippen LogP contribution is -2.51. The Morgan fingerprint density at radius 3 is 2.72 bits per heavy atom. The Kier molecular flexibility index (Phi) is 6.02. The van der Waals surface area contributed by atoms with Crippen LogP contribution < -0.4 is 5.32 Å². The van der Waals surface area contributed by atoms with E-state index in [0.29, 0.717) is 5.56 Å². The first kappa shape index (κ1) is 21.0. The summed E-state index contributed by atoms with van der Waals surface area (Å²) in [6.07, 6.45) is 7.02. The topological polar surface area (TPSA) is 65.4 Å². The average molecular weight is 394 g/mol. The Morgan fingerprint density at radius 1 is 1.31 bits per heavy atom. The van der Waals surface area contributed by atoms with Crippen LogP contribution in [0.15, 0.2) is 35.6 Å². The predicted octanol–water partition coefficient (Wildman–Crippen LogP) is 4.73. The number of likely N-dealkylation sites (tertiary alicyclic amines) is 1. The summed E-state index contributed by atoms with van der Waals surface area (Å²) in [6.45, 7) is 10.3. The summed E-state index contributed by atoms with van der Waals surface area (Å²) >= 11 is 0. The number of aryl methyl sites for hydroxylation is 2. The van der Waals surface area contributed by atoms with E-state index in [-0.39, 0.29) is 17.4 Å². The van der Waals surface area contributed by atoms with Crippen molar-refractivity contribution >= 4 is 11.7 Å². The van der Waals surface area contributed by atoms with Crippen molar-refractivity contribution in [2.75, 3.05) is 25.5 Å². The molecule has 0 aromatic heterocycles. The van der Waals surface area contributed by atoms with Crippen LogP contribution in [-0.4, -0.2) is 37.1 Å². The molecule has 1 saturated heterocycles. The molecule has 1 aliphatic heterocycles. The van der Waals surface area contributed by atoms with E-state index >= 15 is 0 Å². The van der Waals surface area contributed by atoms with Crippen molar-refractivity contribution in [3.8, 4) is 6.07 Å². The van der Waals surface area contributed by atoms with Gasteiger partial charge in [-0.15, -0.1) is 0 Å². The van der Waals surface area contributed by atoms with Crippen molar-refractivity contribution in [3.63, 3.8) is 0 Å². The second-order valence-electron chi connectivity index (χ2n) is 8.79. The molecule has 0 bridgehead atoms. The molecule has 0 saturated carbocycles. The number of carbonyl (C=O) groups excluding carboxylic acids is 1. The summed E-state index contributed by atoms with van der Waals surface area (Å²) in [7, 11) is 1.41. The molecule has 29 heavy (non-hydrogen) atoms. The van der Waals surface area contributed by atoms with E-state index in [1.807, 2.05) is 19.1 Å². The Bertz CT molecular complexity index is 905. The summed E-state index contributed by atoms with van der Waals surface area (Å²) in [5.41, 5.74) is 5.62. The molecule has 1 unspecified atom stereocenters. The van der Waals surface area contributed by atoms with Gasteiger partial charge in [0.1, 0.15) is 0 Å². The highest BCUT2D eigenvalue weighted by molar-refractivity contribution is 5.92. The summed E-state index contributed by atoms with van der Waals surface area (Å²) < 4.78 is 4.93. The van der Waals surface area contributed by atoms with Crippen molar-refractivity contribution in [2.45, 2.75) is 53.0 Å². The number of carbonyl (C=O) groups is 1. The Balaban J connectivity index is 1.81. The van der Waals surface area contributed by atoms with Crippen LogP contribution in [0.4, 0.5) is 5.69 Å². The maximum atomic E-state index is 12.1. The number of nitrogens with zero attached hydrogens (tertiary/aromatic N) is 2. The van der Waals surface area contributed by atoms with Crippen molar-refractivity contribution in [1.29, 1.82) is 5.26 Å². The van der Waals surface area contributed by atoms with Crippen molar-refractivity contribution in [1.82, 2.24) is 4.90 Å². The monoisotopic (exact) mass is 393 g/mol. The van der Waals surface area contributed by atoms with Crippen molar-refractivity contribution < 1.29 is 9.53 Å². The van der Waals surface area contributed by atoms with Gasteiger partial charge in [0.15, 0.2) is 0 Å². The smallest absolute Gasteiger partial charge is 0.338 e. The molecule has 0 amide bonds. The van der Waals surface area contributed by atoms with Gasteiger partial charge < -0.3 is 15.0 Å². The molecule has 5 nitrogen and oxygen atoms in total. The predicted molar refractivity (Wildman–Crippen MR) is 116 cm³/mol. The van der Waals surface area contributed by atoms with E-state index in [2.05, 4.69) is 49.2 Å². The number of methoxy groups -OCH3 is 1. The third-order valence-corrected chi connectivity index (χ3v) is 6.16. The molecule has 0 radical (unpaired) electrons. The van der Waals surface area contributed by atoms with E-state index in [1.54, 1.807) is 0 Å². The molecule has 154 valence electrons. The van der Waals surface area contributed by atoms with Gasteiger partial charge in [-0.2, -0.15) is 5.26 Å². The molecule has 1 aliphatic carbocycles. The molecule has 1 heterocycles. The fraction of sp³-hybridized carbons (Fsp3) is 0.500. The number of ether oxygens (including phenoxy) is 1. The number of allylic oxidation sites excluding steroid dienone is 3. The van der Waals surface area contributed by atoms with Gasteiger partial charge in [0, 0.05) is 30.2 Å². The lowest BCUT2D eigenvalue weighted by atomic mass is 9.78. The highest BCUT2D eigenvalue weighted by Gasteiger charge is 2.37. The average Bonchev–Trinajstić information content (AvgIpc) is 2.70. The first-order chi connectivity index (χ1) is 13.8. The van der Waals surface area contributed by atoms with Crippen LogP contribution in [-0.2, 0) is 4.74 Å². The minimum absolute atomic E-state index is 0.000141. The van der Waals surface area contributed by atoms with Crippen LogP contribution in [0.1, 0.15) is 54.6 Å². The van der Waals surface area contributed by atoms with E-state index in [9.17, 15) is 10.1 Å². The minimum atomic E-state index is -0.306. The normalized spacial score (nSPS) is 21.0. The van der Waals surface area contributed by atoms with Crippen LogP contribution >= 0.6 is 0 Å². The molecule has 1 aromatic rings. The Hall–Kier alpha value is -2.74. The van der Waals surface area contributed by atoms with Gasteiger partial charge in [0.25, 0.3) is 0 Å². The highest BCUT2D eigenvalue weighted by atomic mass is 16.5. The first-order valence-corrected chi connectivity index (χ1v) is 10.3. The third-order valence-electron chi connectivity index (χ3n) is 6.16. The van der Waals surface area contributed by atoms with Crippen molar-refractivity contribution in [2.24, 2.45) is 5.41 Å². The Labute approximate surface area is 174 Å². The van der Waals surface area contributed by atoms with E-state index < -0.39 is 0 Å². The van der Waals surface area contributed by atoms with Crippen LogP contribution in [0.3, 0.4) is 0 Å². The number of anilines is 1. The third kappa shape index (κ3) is 4.32. The molecule has 1 atom stereocenters. The van der Waals surface area contributed by atoms with Gasteiger partial charge >= 0.3 is 5.97 Å². The summed E-state index contributed by atoms with van der Waals surface area (Å²) in [5.74, 6) is -0.306. The molecule has 3 rings (SSSR count). The fourth-order valence-corrected chi connectivity index (χ4v) is 4.42. The number of piperidine rings is 1. The second-order valence-corrected chi connectivity index (χ2v) is 8.79. The number of hydrogen-bond acceptors (Lipinski definition) is 5. The van der Waals surface area contributed by atoms with Gasteiger partial charge in [0.2, 0.25) is 0 Å². The van der Waals surface area contributed by atoms with Crippen LogP contribution in [0.25, 0.3) is 0 Å². The molecule has 5 heteroatoms. The summed E-state index contributed by atoms with van der Waals surface area (Å²) in [4.78, 5) is 14.5. The summed E-state index contributed by atoms with van der Waals surface area (Å²) in [5, 5.41) is 13.2.